The molecule has 2 aromatic carbocycles. The Balaban J connectivity index is 1.29. The van der Waals surface area contributed by atoms with Crippen LogP contribution in [0, 0.1) is 5.82 Å². The summed E-state index contributed by atoms with van der Waals surface area (Å²) in [4.78, 5) is 42.0. The van der Waals surface area contributed by atoms with E-state index in [1.165, 1.54) is 19.1 Å². The number of aliphatic hydroxyl groups is 2. The number of morpholine rings is 1. The van der Waals surface area contributed by atoms with E-state index in [1.807, 2.05) is 17.0 Å². The molecule has 0 aromatic heterocycles. The first-order chi connectivity index (χ1) is 22.9. The van der Waals surface area contributed by atoms with Gasteiger partial charge in [-0.15, -0.1) is 0 Å². The van der Waals surface area contributed by atoms with Crippen LogP contribution >= 0.6 is 0 Å². The molecule has 4 heterocycles. The molecule has 7 atom stereocenters. The first-order valence-corrected chi connectivity index (χ1v) is 17.4. The topological polar surface area (TPSA) is 178 Å². The summed E-state index contributed by atoms with van der Waals surface area (Å²) < 4.78 is 54.7. The molecule has 4 saturated heterocycles. The molecule has 3 amide bonds. The molecule has 4 N–H and O–H groups in total. The van der Waals surface area contributed by atoms with Crippen molar-refractivity contribution in [2.75, 3.05) is 44.6 Å². The molecule has 14 nitrogen and oxygen atoms in total. The van der Waals surface area contributed by atoms with E-state index >= 15 is 0 Å². The zero-order valence-electron chi connectivity index (χ0n) is 26.4. The Hall–Kier alpha value is -3.51. The van der Waals surface area contributed by atoms with Crippen LogP contribution in [0.25, 0.3) is 0 Å². The van der Waals surface area contributed by atoms with Crippen LogP contribution in [0.3, 0.4) is 0 Å². The number of carbonyl (C=O) groups is 3. The summed E-state index contributed by atoms with van der Waals surface area (Å²) in [5.41, 5.74) is 1.53. The second-order valence-corrected chi connectivity index (χ2v) is 14.7. The summed E-state index contributed by atoms with van der Waals surface area (Å²) in [5, 5.41) is 27.4. The molecule has 0 radical (unpaired) electrons. The number of ether oxygens (including phenoxy) is 2. The normalized spacial score (nSPS) is 30.7. The van der Waals surface area contributed by atoms with Gasteiger partial charge in [0.1, 0.15) is 24.1 Å². The summed E-state index contributed by atoms with van der Waals surface area (Å²) in [7, 11) is -4.36. The van der Waals surface area contributed by atoms with Gasteiger partial charge in [0.05, 0.1) is 36.2 Å². The highest BCUT2D eigenvalue weighted by molar-refractivity contribution is 7.89. The van der Waals surface area contributed by atoms with Gasteiger partial charge in [-0.25, -0.2) is 12.8 Å². The lowest BCUT2D eigenvalue weighted by molar-refractivity contribution is -0.144. The maximum Gasteiger partial charge on any atom is 0.243 e. The largest absolute Gasteiger partial charge is 0.388 e. The summed E-state index contributed by atoms with van der Waals surface area (Å²) in [6, 6.07) is 10.8. The maximum atomic E-state index is 14.1. The molecule has 0 unspecified atom stereocenters. The van der Waals surface area contributed by atoms with Crippen LogP contribution in [0.15, 0.2) is 53.4 Å². The molecular formula is C32H40FN5O9S. The predicted octanol–water partition coefficient (Wildman–Crippen LogP) is -0.346. The number of nitrogens with zero attached hydrogens (tertiary/aromatic N) is 3. The van der Waals surface area contributed by atoms with Gasteiger partial charge >= 0.3 is 0 Å². The van der Waals surface area contributed by atoms with Crippen molar-refractivity contribution in [3.63, 3.8) is 0 Å². The van der Waals surface area contributed by atoms with Crippen molar-refractivity contribution < 1.29 is 46.9 Å². The fraction of sp³-hybridized carbons (Fsp3) is 0.531. The lowest BCUT2D eigenvalue weighted by Crippen LogP contribution is -2.55. The van der Waals surface area contributed by atoms with Crippen molar-refractivity contribution in [1.82, 2.24) is 19.4 Å². The minimum atomic E-state index is -4.36. The van der Waals surface area contributed by atoms with Crippen LogP contribution in [-0.4, -0.2) is 132 Å². The molecule has 16 heteroatoms. The predicted molar refractivity (Wildman–Crippen MR) is 168 cm³/mol. The van der Waals surface area contributed by atoms with Crippen molar-refractivity contribution >= 4 is 33.4 Å². The van der Waals surface area contributed by atoms with Gasteiger partial charge in [0.25, 0.3) is 0 Å². The quantitative estimate of drug-likeness (QED) is 0.325. The van der Waals surface area contributed by atoms with Crippen LogP contribution < -0.4 is 10.6 Å². The maximum absolute atomic E-state index is 14.1. The van der Waals surface area contributed by atoms with E-state index in [2.05, 4.69) is 10.6 Å². The third-order valence-electron chi connectivity index (χ3n) is 9.24. The third-order valence-corrected chi connectivity index (χ3v) is 11.1. The number of anilines is 1. The Bertz CT molecular complexity index is 1630. The molecule has 6 rings (SSSR count). The number of fused-ring (bicyclic) bond motifs is 6. The second-order valence-electron chi connectivity index (χ2n) is 12.8. The van der Waals surface area contributed by atoms with Gasteiger partial charge in [0.15, 0.2) is 0 Å². The number of rotatable bonds is 5. The van der Waals surface area contributed by atoms with Gasteiger partial charge in [-0.05, 0) is 42.3 Å². The van der Waals surface area contributed by atoms with Crippen molar-refractivity contribution in [3.05, 3.63) is 59.9 Å². The number of aliphatic hydroxyl groups excluding tert-OH is 2. The van der Waals surface area contributed by atoms with Crippen LogP contribution in [0.5, 0.6) is 0 Å². The van der Waals surface area contributed by atoms with Crippen LogP contribution in [0.1, 0.15) is 25.3 Å². The number of benzene rings is 2. The van der Waals surface area contributed by atoms with E-state index in [0.717, 1.165) is 22.0 Å². The minimum Gasteiger partial charge on any atom is -0.388 e. The van der Waals surface area contributed by atoms with E-state index < -0.39 is 64.9 Å². The first-order valence-electron chi connectivity index (χ1n) is 15.9. The van der Waals surface area contributed by atoms with Crippen LogP contribution in [0.4, 0.5) is 10.1 Å². The molecular weight excluding hydrogens is 649 g/mol. The average Bonchev–Trinajstić information content (AvgIpc) is 3.55. The standard InChI is InChI=1S/C32H40FN5O9S/c1-19(39)34-22-7-5-20(6-8-22)14-37-15-23-12-26(37)32(43)36-9-10-46-24(16-36)17-38(48(44,45)25-4-2-3-21(33)11-25)18-28-31(42)30(41)27(47-28)13-29(40)35-23/h2-8,11,23-24,26-28,30-31,41-42H,9-10,12-18H2,1H3,(H,34,39)(H,35,40)/t23-,24-,26-,27-,28+,30-,31+/m0/s1. The molecule has 260 valence electrons. The summed E-state index contributed by atoms with van der Waals surface area (Å²) in [5.74, 6) is -1.58. The molecule has 6 bridgehead atoms. The molecule has 4 aliphatic heterocycles. The zero-order chi connectivity index (χ0) is 34.2. The van der Waals surface area contributed by atoms with Crippen LogP contribution in [0.2, 0.25) is 0 Å². The molecule has 0 aliphatic carbocycles. The second kappa shape index (κ2) is 14.2. The zero-order valence-corrected chi connectivity index (χ0v) is 27.2. The minimum absolute atomic E-state index is 0.0696. The summed E-state index contributed by atoms with van der Waals surface area (Å²) >= 11 is 0. The van der Waals surface area contributed by atoms with Crippen molar-refractivity contribution in [1.29, 1.82) is 0 Å². The van der Waals surface area contributed by atoms with Crippen molar-refractivity contribution in [2.45, 2.75) is 73.8 Å². The van der Waals surface area contributed by atoms with Gasteiger partial charge in [0.2, 0.25) is 27.7 Å². The van der Waals surface area contributed by atoms with Crippen molar-refractivity contribution in [3.8, 4) is 0 Å². The summed E-state index contributed by atoms with van der Waals surface area (Å²) in [6.45, 7) is 2.00. The number of likely N-dealkylation sites (tertiary alicyclic amines) is 1. The van der Waals surface area contributed by atoms with E-state index in [4.69, 9.17) is 9.47 Å². The number of hydrogen-bond donors (Lipinski definition) is 4. The van der Waals surface area contributed by atoms with E-state index in [0.29, 0.717) is 25.2 Å². The number of nitrogens with one attached hydrogen (secondary N) is 2. The van der Waals surface area contributed by atoms with Crippen LogP contribution in [-0.2, 0) is 40.4 Å². The lowest BCUT2D eigenvalue weighted by atomic mass is 10.0. The fourth-order valence-corrected chi connectivity index (χ4v) is 8.42. The Morgan fingerprint density at radius 1 is 1.04 bits per heavy atom. The molecule has 48 heavy (non-hydrogen) atoms. The molecule has 0 spiro atoms. The average molecular weight is 690 g/mol. The monoisotopic (exact) mass is 689 g/mol. The molecule has 0 saturated carbocycles. The number of amides is 3. The summed E-state index contributed by atoms with van der Waals surface area (Å²) in [6.07, 6.45) is -6.03. The highest BCUT2D eigenvalue weighted by Gasteiger charge is 2.47. The lowest BCUT2D eigenvalue weighted by Gasteiger charge is -2.38. The smallest absolute Gasteiger partial charge is 0.243 e. The Labute approximate surface area is 277 Å². The Morgan fingerprint density at radius 2 is 1.79 bits per heavy atom. The van der Waals surface area contributed by atoms with Gasteiger partial charge in [-0.3, -0.25) is 19.3 Å². The van der Waals surface area contributed by atoms with Gasteiger partial charge in [-0.2, -0.15) is 4.31 Å². The fourth-order valence-electron chi connectivity index (χ4n) is 6.90. The van der Waals surface area contributed by atoms with E-state index in [1.54, 1.807) is 17.0 Å². The highest BCUT2D eigenvalue weighted by Crippen LogP contribution is 2.29. The number of carbonyl (C=O) groups excluding carboxylic acids is 3. The van der Waals surface area contributed by atoms with Crippen molar-refractivity contribution in [2.24, 2.45) is 0 Å². The van der Waals surface area contributed by atoms with Gasteiger partial charge in [-0.1, -0.05) is 18.2 Å². The molecule has 4 fully saturated rings. The SMILES string of the molecule is CC(=O)Nc1ccc(CN2C[C@@H]3C[C@H]2C(=O)N2CCO[C@@H](C2)CN(S(=O)(=O)c2cccc(F)c2)C[C@H]2O[C@@H](CC(=O)N3)[C@H](O)[C@@H]2O)cc1. The van der Waals surface area contributed by atoms with E-state index in [9.17, 15) is 37.4 Å². The number of halogens is 1. The molecule has 4 aliphatic rings. The Morgan fingerprint density at radius 3 is 2.52 bits per heavy atom. The van der Waals surface area contributed by atoms with Gasteiger partial charge < -0.3 is 35.2 Å². The highest BCUT2D eigenvalue weighted by atomic mass is 32.2. The first kappa shape index (κ1) is 34.4. The number of hydrogen-bond acceptors (Lipinski definition) is 10. The molecule has 2 aromatic rings. The van der Waals surface area contributed by atoms with Gasteiger partial charge in [0, 0.05) is 57.9 Å². The third kappa shape index (κ3) is 7.54. The Kier molecular flexibility index (Phi) is 10.1. The number of sulfonamides is 1. The van der Waals surface area contributed by atoms with E-state index in [-0.39, 0.29) is 55.4 Å².